The van der Waals surface area contributed by atoms with Gasteiger partial charge in [-0.15, -0.1) is 0 Å². The van der Waals surface area contributed by atoms with E-state index in [-0.39, 0.29) is 11.6 Å². The Hall–Kier alpha value is -2.59. The van der Waals surface area contributed by atoms with Gasteiger partial charge in [-0.2, -0.15) is 0 Å². The molecule has 1 fully saturated rings. The number of ether oxygens (including phenoxy) is 1. The zero-order valence-corrected chi connectivity index (χ0v) is 19.4. The van der Waals surface area contributed by atoms with Crippen molar-refractivity contribution in [3.8, 4) is 11.1 Å². The molecule has 4 rings (SSSR count). The maximum atomic E-state index is 12.9. The summed E-state index contributed by atoms with van der Waals surface area (Å²) < 4.78 is 7.20. The molecule has 1 aliphatic rings. The highest BCUT2D eigenvalue weighted by Gasteiger charge is 2.46. The zero-order valence-electron chi connectivity index (χ0n) is 19.4. The molecular weight excluding hydrogens is 438 g/mol. The number of benzene rings is 2. The molecule has 6 atom stereocenters. The van der Waals surface area contributed by atoms with E-state index in [1.807, 2.05) is 44.2 Å². The van der Waals surface area contributed by atoms with Crippen molar-refractivity contribution in [3.63, 3.8) is 0 Å². The van der Waals surface area contributed by atoms with Gasteiger partial charge in [-0.25, -0.2) is 0 Å². The van der Waals surface area contributed by atoms with Crippen molar-refractivity contribution >= 4 is 10.8 Å². The molecule has 8 heteroatoms. The summed E-state index contributed by atoms with van der Waals surface area (Å²) >= 11 is 0. The number of aliphatic hydroxyl groups excluding tert-OH is 5. The Bertz CT molecular complexity index is 1240. The van der Waals surface area contributed by atoms with Gasteiger partial charge in [0.25, 0.3) is 5.56 Å². The molecule has 2 heterocycles. The third kappa shape index (κ3) is 4.29. The largest absolute Gasteiger partial charge is 0.394 e. The number of pyridine rings is 1. The minimum Gasteiger partial charge on any atom is -0.394 e. The minimum atomic E-state index is -1.56. The molecule has 1 saturated heterocycles. The Morgan fingerprint density at radius 2 is 1.65 bits per heavy atom. The highest BCUT2D eigenvalue weighted by molar-refractivity contribution is 5.86. The van der Waals surface area contributed by atoms with E-state index in [1.165, 1.54) is 0 Å². The summed E-state index contributed by atoms with van der Waals surface area (Å²) in [5, 5.41) is 52.2. The van der Waals surface area contributed by atoms with Crippen molar-refractivity contribution in [3.05, 3.63) is 70.1 Å². The van der Waals surface area contributed by atoms with Crippen LogP contribution in [0.2, 0.25) is 0 Å². The van der Waals surface area contributed by atoms with E-state index < -0.39 is 43.2 Å². The molecule has 8 nitrogen and oxygen atoms in total. The van der Waals surface area contributed by atoms with E-state index in [1.54, 1.807) is 29.8 Å². The number of aryl methyl sites for hydroxylation is 1. The SMILES string of the molecule is Cc1cc(-c2ccc3ccn(C(C)C)c(=O)c3c2)ccc1[C@@H](O)[C@H]1O[C@H](CO)[C@@H](O)[C@H](O)[C@@H]1O. The van der Waals surface area contributed by atoms with Gasteiger partial charge in [0.05, 0.1) is 6.61 Å². The summed E-state index contributed by atoms with van der Waals surface area (Å²) in [7, 11) is 0. The fourth-order valence-electron chi connectivity index (χ4n) is 4.60. The Morgan fingerprint density at radius 1 is 0.971 bits per heavy atom. The van der Waals surface area contributed by atoms with Crippen LogP contribution in [0.5, 0.6) is 0 Å². The van der Waals surface area contributed by atoms with Crippen LogP contribution in [0.4, 0.5) is 0 Å². The first-order chi connectivity index (χ1) is 16.1. The van der Waals surface area contributed by atoms with E-state index >= 15 is 0 Å². The molecule has 0 amide bonds. The average molecular weight is 470 g/mol. The molecule has 34 heavy (non-hydrogen) atoms. The lowest BCUT2D eigenvalue weighted by Crippen LogP contribution is -2.59. The van der Waals surface area contributed by atoms with Gasteiger partial charge in [0, 0.05) is 17.6 Å². The van der Waals surface area contributed by atoms with Gasteiger partial charge < -0.3 is 34.8 Å². The van der Waals surface area contributed by atoms with Gasteiger partial charge in [0.15, 0.2) is 0 Å². The van der Waals surface area contributed by atoms with Crippen molar-refractivity contribution in [2.45, 2.75) is 63.4 Å². The number of fused-ring (bicyclic) bond motifs is 1. The quantitative estimate of drug-likeness (QED) is 0.382. The van der Waals surface area contributed by atoms with Crippen molar-refractivity contribution in [1.82, 2.24) is 4.57 Å². The minimum absolute atomic E-state index is 0.0472. The standard InChI is InChI=1S/C26H31NO7/c1-13(2)27-9-8-15-4-5-17(11-19(15)26(27)33)16-6-7-18(14(3)10-16)21(29)25-24(32)23(31)22(30)20(12-28)34-25/h4-11,13,20-25,28-32H,12H2,1-3H3/t20-,21-,22-,23+,24+,25-/m1/s1. The monoisotopic (exact) mass is 469 g/mol. The molecular formula is C26H31NO7. The van der Waals surface area contributed by atoms with Crippen LogP contribution in [0.1, 0.15) is 37.1 Å². The van der Waals surface area contributed by atoms with Crippen molar-refractivity contribution in [1.29, 1.82) is 0 Å². The fraction of sp³-hybridized carbons (Fsp3) is 0.423. The normalized spacial score (nSPS) is 26.2. The summed E-state index contributed by atoms with van der Waals surface area (Å²) in [6.07, 6.45) is -6.39. The number of nitrogens with zero attached hydrogens (tertiary/aromatic N) is 1. The summed E-state index contributed by atoms with van der Waals surface area (Å²) in [6, 6.07) is 13.1. The van der Waals surface area contributed by atoms with E-state index in [4.69, 9.17) is 4.74 Å². The number of hydrogen-bond donors (Lipinski definition) is 5. The number of rotatable bonds is 5. The summed E-state index contributed by atoms with van der Waals surface area (Å²) in [4.78, 5) is 12.9. The second-order valence-electron chi connectivity index (χ2n) is 9.23. The molecule has 0 radical (unpaired) electrons. The highest BCUT2D eigenvalue weighted by atomic mass is 16.6. The van der Waals surface area contributed by atoms with E-state index in [9.17, 15) is 30.3 Å². The molecule has 1 aromatic heterocycles. The van der Waals surface area contributed by atoms with Crippen molar-refractivity contribution in [2.75, 3.05) is 6.61 Å². The molecule has 3 aromatic rings. The first-order valence-corrected chi connectivity index (χ1v) is 11.4. The molecule has 0 unspecified atom stereocenters. The first-order valence-electron chi connectivity index (χ1n) is 11.4. The van der Waals surface area contributed by atoms with E-state index in [2.05, 4.69) is 0 Å². The van der Waals surface area contributed by atoms with Crippen molar-refractivity contribution < 1.29 is 30.3 Å². The van der Waals surface area contributed by atoms with Crippen LogP contribution in [-0.4, -0.2) is 67.2 Å². The Labute approximate surface area is 197 Å². The molecule has 0 aliphatic carbocycles. The van der Waals surface area contributed by atoms with Crippen LogP contribution in [0, 0.1) is 6.92 Å². The van der Waals surface area contributed by atoms with Crippen LogP contribution in [0.15, 0.2) is 53.5 Å². The third-order valence-corrected chi connectivity index (χ3v) is 6.65. The average Bonchev–Trinajstić information content (AvgIpc) is 2.82. The van der Waals surface area contributed by atoms with E-state index in [0.29, 0.717) is 10.9 Å². The summed E-state index contributed by atoms with van der Waals surface area (Å²) in [5.74, 6) is 0. The predicted molar refractivity (Wildman–Crippen MR) is 127 cm³/mol. The van der Waals surface area contributed by atoms with E-state index in [0.717, 1.165) is 22.1 Å². The summed E-state index contributed by atoms with van der Waals surface area (Å²) in [5.41, 5.74) is 2.85. The maximum Gasteiger partial charge on any atom is 0.258 e. The predicted octanol–water partition coefficient (Wildman–Crippen LogP) is 1.43. The summed E-state index contributed by atoms with van der Waals surface area (Å²) in [6.45, 7) is 5.16. The fourth-order valence-corrected chi connectivity index (χ4v) is 4.60. The zero-order chi connectivity index (χ0) is 24.7. The maximum absolute atomic E-state index is 12.9. The van der Waals surface area contributed by atoms with Gasteiger partial charge >= 0.3 is 0 Å². The molecule has 1 aliphatic heterocycles. The molecule has 2 aromatic carbocycles. The number of hydrogen-bond acceptors (Lipinski definition) is 7. The lowest BCUT2D eigenvalue weighted by atomic mass is 9.87. The first kappa shape index (κ1) is 24.5. The molecule has 0 spiro atoms. The van der Waals surface area contributed by atoms with Crippen LogP contribution in [0.25, 0.3) is 21.9 Å². The second-order valence-corrected chi connectivity index (χ2v) is 9.23. The van der Waals surface area contributed by atoms with Crippen LogP contribution in [-0.2, 0) is 4.74 Å². The van der Waals surface area contributed by atoms with Crippen LogP contribution < -0.4 is 5.56 Å². The molecule has 182 valence electrons. The third-order valence-electron chi connectivity index (χ3n) is 6.65. The Balaban J connectivity index is 1.66. The molecule has 0 saturated carbocycles. The van der Waals surface area contributed by atoms with Crippen molar-refractivity contribution in [2.24, 2.45) is 0 Å². The molecule has 5 N–H and O–H groups in total. The smallest absolute Gasteiger partial charge is 0.258 e. The number of aromatic nitrogens is 1. The molecule has 0 bridgehead atoms. The van der Waals surface area contributed by atoms with Gasteiger partial charge in [-0.05, 0) is 60.5 Å². The second kappa shape index (κ2) is 9.58. The highest BCUT2D eigenvalue weighted by Crippen LogP contribution is 2.33. The van der Waals surface area contributed by atoms with Crippen LogP contribution >= 0.6 is 0 Å². The van der Waals surface area contributed by atoms with Gasteiger partial charge in [0.1, 0.15) is 36.6 Å². The van der Waals surface area contributed by atoms with Gasteiger partial charge in [-0.3, -0.25) is 4.79 Å². The lowest BCUT2D eigenvalue weighted by molar-refractivity contribution is -0.250. The lowest BCUT2D eigenvalue weighted by Gasteiger charge is -2.42. The van der Waals surface area contributed by atoms with Crippen LogP contribution in [0.3, 0.4) is 0 Å². The Kier molecular flexibility index (Phi) is 6.91. The topological polar surface area (TPSA) is 132 Å². The van der Waals surface area contributed by atoms with Gasteiger partial charge in [-0.1, -0.05) is 30.3 Å². The number of aliphatic hydroxyl groups is 5. The van der Waals surface area contributed by atoms with Gasteiger partial charge in [0.2, 0.25) is 0 Å². The Morgan fingerprint density at radius 3 is 2.29 bits per heavy atom.